The predicted molar refractivity (Wildman–Crippen MR) is 72.0 cm³/mol. The molecule has 2 nitrogen and oxygen atoms in total. The zero-order chi connectivity index (χ0) is 12.3. The summed E-state index contributed by atoms with van der Waals surface area (Å²) in [6, 6.07) is 0.699. The second kappa shape index (κ2) is 5.71. The van der Waals surface area contributed by atoms with Crippen LogP contribution in [0, 0.1) is 17.3 Å². The number of rotatable bonds is 4. The maximum Gasteiger partial charge on any atom is 0.0499 e. The summed E-state index contributed by atoms with van der Waals surface area (Å²) in [6.45, 7) is 6.18. The lowest BCUT2D eigenvalue weighted by Gasteiger charge is -2.35. The summed E-state index contributed by atoms with van der Waals surface area (Å²) in [5.41, 5.74) is 0.215. The van der Waals surface area contributed by atoms with Crippen molar-refractivity contribution >= 4 is 0 Å². The van der Waals surface area contributed by atoms with Crippen molar-refractivity contribution in [1.29, 1.82) is 0 Å². The summed E-state index contributed by atoms with van der Waals surface area (Å²) < 4.78 is 0. The van der Waals surface area contributed by atoms with E-state index in [1.807, 2.05) is 0 Å². The summed E-state index contributed by atoms with van der Waals surface area (Å²) >= 11 is 0. The normalized spacial score (nSPS) is 37.2. The Bertz CT molecular complexity index is 235. The van der Waals surface area contributed by atoms with Crippen molar-refractivity contribution in [3.63, 3.8) is 0 Å². The van der Waals surface area contributed by atoms with Gasteiger partial charge in [0.05, 0.1) is 0 Å². The fourth-order valence-corrected chi connectivity index (χ4v) is 3.61. The van der Waals surface area contributed by atoms with Crippen LogP contribution in [0.1, 0.15) is 58.8 Å². The van der Waals surface area contributed by atoms with Crippen LogP contribution < -0.4 is 5.32 Å². The topological polar surface area (TPSA) is 32.3 Å². The van der Waals surface area contributed by atoms with Crippen molar-refractivity contribution in [3.8, 4) is 0 Å². The highest BCUT2D eigenvalue weighted by molar-refractivity contribution is 4.88. The Morgan fingerprint density at radius 3 is 2.41 bits per heavy atom. The Morgan fingerprint density at radius 1 is 1.12 bits per heavy atom. The van der Waals surface area contributed by atoms with Gasteiger partial charge in [-0.05, 0) is 43.9 Å². The molecule has 0 aromatic carbocycles. The van der Waals surface area contributed by atoms with Crippen LogP contribution in [0.3, 0.4) is 0 Å². The van der Waals surface area contributed by atoms with Gasteiger partial charge in [0.2, 0.25) is 0 Å². The molecule has 3 unspecified atom stereocenters. The Hall–Kier alpha value is -0.0800. The third-order valence-corrected chi connectivity index (χ3v) is 5.36. The molecule has 2 rings (SSSR count). The zero-order valence-electron chi connectivity index (χ0n) is 11.5. The Kier molecular flexibility index (Phi) is 4.48. The number of aliphatic hydroxyl groups excluding tert-OH is 1. The molecule has 2 N–H and O–H groups in total. The van der Waals surface area contributed by atoms with Crippen LogP contribution in [0.4, 0.5) is 0 Å². The third-order valence-electron chi connectivity index (χ3n) is 5.36. The molecule has 0 heterocycles. The molecule has 2 saturated carbocycles. The molecule has 0 spiro atoms. The first kappa shape index (κ1) is 13.4. The predicted octanol–water partition coefficient (Wildman–Crippen LogP) is 2.95. The van der Waals surface area contributed by atoms with E-state index in [0.717, 1.165) is 18.4 Å². The third kappa shape index (κ3) is 3.23. The second-order valence-corrected chi connectivity index (χ2v) is 6.71. The van der Waals surface area contributed by atoms with Crippen molar-refractivity contribution in [1.82, 2.24) is 5.32 Å². The Balaban J connectivity index is 1.78. The molecule has 0 saturated heterocycles. The molecule has 2 fully saturated rings. The van der Waals surface area contributed by atoms with E-state index in [1.165, 1.54) is 44.9 Å². The molecule has 0 aromatic heterocycles. The van der Waals surface area contributed by atoms with Gasteiger partial charge in [0.1, 0.15) is 0 Å². The number of hydrogen-bond donors (Lipinski definition) is 2. The largest absolute Gasteiger partial charge is 0.396 e. The minimum absolute atomic E-state index is 0.215. The van der Waals surface area contributed by atoms with E-state index >= 15 is 0 Å². The standard InChI is InChI=1S/C15H29NO/c1-12-5-6-14(9-13(12)2)16-10-15(11-17)7-3-4-8-15/h12-14,16-17H,3-11H2,1-2H3. The summed E-state index contributed by atoms with van der Waals surface area (Å²) in [6.07, 6.45) is 9.06. The Labute approximate surface area is 106 Å². The molecule has 2 heteroatoms. The van der Waals surface area contributed by atoms with E-state index in [0.29, 0.717) is 12.6 Å². The average molecular weight is 239 g/mol. The number of hydrogen-bond acceptors (Lipinski definition) is 2. The highest BCUT2D eigenvalue weighted by Crippen LogP contribution is 2.37. The van der Waals surface area contributed by atoms with Gasteiger partial charge in [-0.15, -0.1) is 0 Å². The van der Waals surface area contributed by atoms with Crippen molar-refractivity contribution in [3.05, 3.63) is 0 Å². The lowest BCUT2D eigenvalue weighted by atomic mass is 9.78. The lowest BCUT2D eigenvalue weighted by Crippen LogP contribution is -2.43. The second-order valence-electron chi connectivity index (χ2n) is 6.71. The molecule has 3 atom stereocenters. The quantitative estimate of drug-likeness (QED) is 0.790. The molecule has 0 bridgehead atoms. The minimum atomic E-state index is 0.215. The van der Waals surface area contributed by atoms with Gasteiger partial charge in [0.25, 0.3) is 0 Å². The van der Waals surface area contributed by atoms with Gasteiger partial charge in [-0.2, -0.15) is 0 Å². The monoisotopic (exact) mass is 239 g/mol. The van der Waals surface area contributed by atoms with E-state index in [2.05, 4.69) is 19.2 Å². The Morgan fingerprint density at radius 2 is 1.82 bits per heavy atom. The molecule has 17 heavy (non-hydrogen) atoms. The SMILES string of the molecule is CC1CCC(NCC2(CO)CCCC2)CC1C. The van der Waals surface area contributed by atoms with Crippen LogP contribution >= 0.6 is 0 Å². The van der Waals surface area contributed by atoms with E-state index < -0.39 is 0 Å². The average Bonchev–Trinajstić information content (AvgIpc) is 2.80. The molecular weight excluding hydrogens is 210 g/mol. The van der Waals surface area contributed by atoms with Crippen molar-refractivity contribution in [2.75, 3.05) is 13.2 Å². The minimum Gasteiger partial charge on any atom is -0.396 e. The molecule has 100 valence electrons. The van der Waals surface area contributed by atoms with Gasteiger partial charge in [0.15, 0.2) is 0 Å². The van der Waals surface area contributed by atoms with Gasteiger partial charge < -0.3 is 10.4 Å². The van der Waals surface area contributed by atoms with E-state index in [4.69, 9.17) is 0 Å². The summed E-state index contributed by atoms with van der Waals surface area (Å²) in [5, 5.41) is 13.3. The smallest absolute Gasteiger partial charge is 0.0499 e. The highest BCUT2D eigenvalue weighted by atomic mass is 16.3. The molecule has 0 aromatic rings. The molecule has 0 radical (unpaired) electrons. The fourth-order valence-electron chi connectivity index (χ4n) is 3.61. The molecule has 2 aliphatic rings. The van der Waals surface area contributed by atoms with Crippen LogP contribution in [0.2, 0.25) is 0 Å². The first-order valence-corrected chi connectivity index (χ1v) is 7.49. The van der Waals surface area contributed by atoms with E-state index in [1.54, 1.807) is 0 Å². The fraction of sp³-hybridized carbons (Fsp3) is 1.00. The van der Waals surface area contributed by atoms with E-state index in [9.17, 15) is 5.11 Å². The number of nitrogens with one attached hydrogen (secondary N) is 1. The van der Waals surface area contributed by atoms with Gasteiger partial charge in [-0.1, -0.05) is 26.7 Å². The van der Waals surface area contributed by atoms with Crippen LogP contribution in [0.5, 0.6) is 0 Å². The lowest BCUT2D eigenvalue weighted by molar-refractivity contribution is 0.116. The zero-order valence-corrected chi connectivity index (χ0v) is 11.5. The van der Waals surface area contributed by atoms with Gasteiger partial charge in [0, 0.05) is 24.6 Å². The van der Waals surface area contributed by atoms with Crippen molar-refractivity contribution < 1.29 is 5.11 Å². The molecular formula is C15H29NO. The van der Waals surface area contributed by atoms with Crippen LogP contribution in [0.15, 0.2) is 0 Å². The van der Waals surface area contributed by atoms with Gasteiger partial charge in [-0.25, -0.2) is 0 Å². The van der Waals surface area contributed by atoms with Gasteiger partial charge >= 0.3 is 0 Å². The van der Waals surface area contributed by atoms with Gasteiger partial charge in [-0.3, -0.25) is 0 Å². The summed E-state index contributed by atoms with van der Waals surface area (Å²) in [4.78, 5) is 0. The van der Waals surface area contributed by atoms with E-state index in [-0.39, 0.29) is 5.41 Å². The van der Waals surface area contributed by atoms with Crippen LogP contribution in [-0.4, -0.2) is 24.3 Å². The number of aliphatic hydroxyl groups is 1. The van der Waals surface area contributed by atoms with Crippen LogP contribution in [0.25, 0.3) is 0 Å². The summed E-state index contributed by atoms with van der Waals surface area (Å²) in [5.74, 6) is 1.75. The molecule has 0 aliphatic heterocycles. The van der Waals surface area contributed by atoms with Crippen molar-refractivity contribution in [2.24, 2.45) is 17.3 Å². The molecule has 0 amide bonds. The maximum atomic E-state index is 9.60. The molecule has 2 aliphatic carbocycles. The maximum absolute atomic E-state index is 9.60. The summed E-state index contributed by atoms with van der Waals surface area (Å²) in [7, 11) is 0. The highest BCUT2D eigenvalue weighted by Gasteiger charge is 2.34. The van der Waals surface area contributed by atoms with Crippen molar-refractivity contribution in [2.45, 2.75) is 64.8 Å². The van der Waals surface area contributed by atoms with Crippen LogP contribution in [-0.2, 0) is 0 Å². The first-order chi connectivity index (χ1) is 8.15. The first-order valence-electron chi connectivity index (χ1n) is 7.49.